The third kappa shape index (κ3) is 3.45. The van der Waals surface area contributed by atoms with Crippen molar-refractivity contribution in [3.8, 4) is 0 Å². The molecule has 2 aliphatic heterocycles. The van der Waals surface area contributed by atoms with Gasteiger partial charge in [-0.15, -0.1) is 0 Å². The van der Waals surface area contributed by atoms with Crippen molar-refractivity contribution in [3.05, 3.63) is 0 Å². The minimum absolute atomic E-state index is 0.133. The van der Waals surface area contributed by atoms with Gasteiger partial charge in [0.15, 0.2) is 9.84 Å². The number of piperidine rings is 1. The fraction of sp³-hybridized carbons (Fsp3) is 1.00. The Morgan fingerprint density at radius 1 is 1.28 bits per heavy atom. The van der Waals surface area contributed by atoms with Crippen molar-refractivity contribution in [2.75, 3.05) is 32.4 Å². The molecule has 2 saturated heterocycles. The molecule has 0 aromatic rings. The summed E-state index contributed by atoms with van der Waals surface area (Å²) in [5.41, 5.74) is 0. The maximum Gasteiger partial charge on any atom is 0.154 e. The van der Waals surface area contributed by atoms with Crippen molar-refractivity contribution in [2.24, 2.45) is 5.92 Å². The molecule has 0 aromatic carbocycles. The number of nitrogens with one attached hydrogen (secondary N) is 1. The van der Waals surface area contributed by atoms with Crippen LogP contribution in [-0.4, -0.2) is 57.0 Å². The molecule has 4 nitrogen and oxygen atoms in total. The van der Waals surface area contributed by atoms with Gasteiger partial charge in [0.05, 0.1) is 11.0 Å². The van der Waals surface area contributed by atoms with Crippen LogP contribution in [0.3, 0.4) is 0 Å². The third-order valence-electron chi connectivity index (χ3n) is 4.60. The SMILES string of the molecule is CC(NCC1CCCS1(=O)=O)C1CCN(C)CC1. The normalized spacial score (nSPS) is 31.6. The Balaban J connectivity index is 1.76. The fourth-order valence-electron chi connectivity index (χ4n) is 3.10. The smallest absolute Gasteiger partial charge is 0.154 e. The molecular formula is C13H26N2O2S. The third-order valence-corrected chi connectivity index (χ3v) is 6.88. The number of hydrogen-bond donors (Lipinski definition) is 1. The van der Waals surface area contributed by atoms with Gasteiger partial charge in [0.2, 0.25) is 0 Å². The van der Waals surface area contributed by atoms with Crippen molar-refractivity contribution in [1.82, 2.24) is 10.2 Å². The van der Waals surface area contributed by atoms with E-state index in [4.69, 9.17) is 0 Å². The number of rotatable bonds is 4. The maximum atomic E-state index is 11.7. The van der Waals surface area contributed by atoms with Crippen LogP contribution in [0, 0.1) is 5.92 Å². The van der Waals surface area contributed by atoms with E-state index in [0.29, 0.717) is 24.3 Å². The number of sulfone groups is 1. The van der Waals surface area contributed by atoms with E-state index in [2.05, 4.69) is 24.2 Å². The average Bonchev–Trinajstić information content (AvgIpc) is 2.66. The Morgan fingerprint density at radius 3 is 2.50 bits per heavy atom. The van der Waals surface area contributed by atoms with Gasteiger partial charge in [-0.1, -0.05) is 0 Å². The standard InChI is InChI=1S/C13H26N2O2S/c1-11(12-5-7-15(2)8-6-12)14-10-13-4-3-9-18(13,16)17/h11-14H,3-10H2,1-2H3. The highest BCUT2D eigenvalue weighted by atomic mass is 32.2. The summed E-state index contributed by atoms with van der Waals surface area (Å²) in [5, 5.41) is 3.33. The van der Waals surface area contributed by atoms with E-state index in [1.165, 1.54) is 25.9 Å². The summed E-state index contributed by atoms with van der Waals surface area (Å²) < 4.78 is 23.5. The van der Waals surface area contributed by atoms with E-state index in [-0.39, 0.29) is 5.25 Å². The molecule has 2 rings (SSSR count). The van der Waals surface area contributed by atoms with Crippen LogP contribution < -0.4 is 5.32 Å². The molecular weight excluding hydrogens is 248 g/mol. The second-order valence-corrected chi connectivity index (χ2v) is 8.37. The quantitative estimate of drug-likeness (QED) is 0.827. The monoisotopic (exact) mass is 274 g/mol. The lowest BCUT2D eigenvalue weighted by Crippen LogP contribution is -2.43. The summed E-state index contributed by atoms with van der Waals surface area (Å²) in [7, 11) is -0.627. The van der Waals surface area contributed by atoms with Gasteiger partial charge in [-0.2, -0.15) is 0 Å². The zero-order valence-corrected chi connectivity index (χ0v) is 12.4. The first kappa shape index (κ1) is 14.3. The predicted molar refractivity (Wildman–Crippen MR) is 74.5 cm³/mol. The number of nitrogens with zero attached hydrogens (tertiary/aromatic N) is 1. The summed E-state index contributed by atoms with van der Waals surface area (Å²) >= 11 is 0. The van der Waals surface area contributed by atoms with Crippen LogP contribution in [0.2, 0.25) is 0 Å². The Morgan fingerprint density at radius 2 is 1.94 bits per heavy atom. The second-order valence-electron chi connectivity index (χ2n) is 5.97. The molecule has 0 radical (unpaired) electrons. The molecule has 0 aliphatic carbocycles. The first-order valence-electron chi connectivity index (χ1n) is 7.12. The van der Waals surface area contributed by atoms with Crippen LogP contribution in [0.15, 0.2) is 0 Å². The molecule has 5 heteroatoms. The average molecular weight is 274 g/mol. The largest absolute Gasteiger partial charge is 0.313 e. The van der Waals surface area contributed by atoms with Crippen LogP contribution >= 0.6 is 0 Å². The zero-order chi connectivity index (χ0) is 13.2. The van der Waals surface area contributed by atoms with E-state index in [9.17, 15) is 8.42 Å². The van der Waals surface area contributed by atoms with Crippen molar-refractivity contribution in [3.63, 3.8) is 0 Å². The van der Waals surface area contributed by atoms with Crippen LogP contribution in [0.1, 0.15) is 32.6 Å². The molecule has 0 saturated carbocycles. The van der Waals surface area contributed by atoms with E-state index in [1.54, 1.807) is 0 Å². The van der Waals surface area contributed by atoms with Crippen LogP contribution in [0.4, 0.5) is 0 Å². The number of hydrogen-bond acceptors (Lipinski definition) is 4. The van der Waals surface area contributed by atoms with Crippen molar-refractivity contribution in [2.45, 2.75) is 43.9 Å². The van der Waals surface area contributed by atoms with Gasteiger partial charge in [-0.05, 0) is 58.7 Å². The molecule has 2 heterocycles. The highest BCUT2D eigenvalue weighted by Crippen LogP contribution is 2.22. The van der Waals surface area contributed by atoms with E-state index in [1.807, 2.05) is 0 Å². The van der Waals surface area contributed by atoms with Gasteiger partial charge in [-0.3, -0.25) is 0 Å². The Kier molecular flexibility index (Phi) is 4.67. The summed E-state index contributed by atoms with van der Waals surface area (Å²) in [6.07, 6.45) is 4.14. The predicted octanol–water partition coefficient (Wildman–Crippen LogP) is 0.884. The van der Waals surface area contributed by atoms with Gasteiger partial charge in [0.25, 0.3) is 0 Å². The van der Waals surface area contributed by atoms with Crippen LogP contribution in [0.5, 0.6) is 0 Å². The summed E-state index contributed by atoms with van der Waals surface area (Å²) in [5.74, 6) is 1.09. The minimum Gasteiger partial charge on any atom is -0.313 e. The molecule has 18 heavy (non-hydrogen) atoms. The lowest BCUT2D eigenvalue weighted by Gasteiger charge is -2.33. The van der Waals surface area contributed by atoms with Crippen molar-refractivity contribution < 1.29 is 8.42 Å². The van der Waals surface area contributed by atoms with Crippen LogP contribution in [-0.2, 0) is 9.84 Å². The zero-order valence-electron chi connectivity index (χ0n) is 11.6. The topological polar surface area (TPSA) is 49.4 Å². The van der Waals surface area contributed by atoms with Gasteiger partial charge >= 0.3 is 0 Å². The van der Waals surface area contributed by atoms with E-state index < -0.39 is 9.84 Å². The summed E-state index contributed by atoms with van der Waals surface area (Å²) in [6.45, 7) is 5.18. The lowest BCUT2D eigenvalue weighted by molar-refractivity contribution is 0.190. The van der Waals surface area contributed by atoms with E-state index >= 15 is 0 Å². The van der Waals surface area contributed by atoms with Crippen LogP contribution in [0.25, 0.3) is 0 Å². The van der Waals surface area contributed by atoms with Gasteiger partial charge in [0.1, 0.15) is 0 Å². The van der Waals surface area contributed by atoms with Gasteiger partial charge in [0, 0.05) is 12.6 Å². The lowest BCUT2D eigenvalue weighted by atomic mass is 9.90. The Labute approximate surface area is 111 Å². The Bertz CT molecular complexity index is 361. The Hall–Kier alpha value is -0.130. The van der Waals surface area contributed by atoms with Crippen molar-refractivity contribution >= 4 is 9.84 Å². The summed E-state index contributed by atoms with van der Waals surface area (Å²) in [6, 6.07) is 0.439. The van der Waals surface area contributed by atoms with Gasteiger partial charge in [-0.25, -0.2) is 8.42 Å². The molecule has 0 amide bonds. The minimum atomic E-state index is -2.79. The molecule has 2 aliphatic rings. The van der Waals surface area contributed by atoms with E-state index in [0.717, 1.165) is 12.8 Å². The molecule has 0 bridgehead atoms. The molecule has 2 unspecified atom stereocenters. The first-order valence-corrected chi connectivity index (χ1v) is 8.84. The highest BCUT2D eigenvalue weighted by molar-refractivity contribution is 7.92. The maximum absolute atomic E-state index is 11.7. The first-order chi connectivity index (χ1) is 8.49. The molecule has 2 fully saturated rings. The highest BCUT2D eigenvalue weighted by Gasteiger charge is 2.32. The number of likely N-dealkylation sites (tertiary alicyclic amines) is 1. The molecule has 2 atom stereocenters. The molecule has 106 valence electrons. The molecule has 1 N–H and O–H groups in total. The van der Waals surface area contributed by atoms with Gasteiger partial charge < -0.3 is 10.2 Å². The second kappa shape index (κ2) is 5.88. The van der Waals surface area contributed by atoms with Crippen molar-refractivity contribution in [1.29, 1.82) is 0 Å². The molecule has 0 aromatic heterocycles. The summed E-state index contributed by atoms with van der Waals surface area (Å²) in [4.78, 5) is 2.37. The fourth-order valence-corrected chi connectivity index (χ4v) is 4.88. The molecule has 0 spiro atoms.